The van der Waals surface area contributed by atoms with Crippen LogP contribution in [0.5, 0.6) is 0 Å². The third-order valence-corrected chi connectivity index (χ3v) is 8.14. The van der Waals surface area contributed by atoms with Crippen molar-refractivity contribution < 1.29 is 18.8 Å². The third kappa shape index (κ3) is 5.59. The number of carbonyl (C=O) groups is 2. The van der Waals surface area contributed by atoms with Gasteiger partial charge in [-0.3, -0.25) is 4.79 Å². The number of ether oxygens (including phenoxy) is 1. The maximum absolute atomic E-state index is 11.7. The number of ketones is 1. The molecule has 0 radical (unpaired) electrons. The molecule has 1 atom stereocenters. The lowest BCUT2D eigenvalue weighted by Crippen LogP contribution is -2.43. The van der Waals surface area contributed by atoms with Gasteiger partial charge in [0.25, 0.3) is 0 Å². The fourth-order valence-corrected chi connectivity index (χ4v) is 2.80. The zero-order valence-electron chi connectivity index (χ0n) is 14.0. The van der Waals surface area contributed by atoms with Crippen LogP contribution in [-0.2, 0) is 18.8 Å². The molecule has 0 rings (SSSR count). The highest BCUT2D eigenvalue weighted by Gasteiger charge is 2.38. The maximum atomic E-state index is 11.7. The van der Waals surface area contributed by atoms with E-state index in [-0.39, 0.29) is 29.1 Å². The Morgan fingerprint density at radius 3 is 2.10 bits per heavy atom. The first-order chi connectivity index (χ1) is 8.92. The van der Waals surface area contributed by atoms with Gasteiger partial charge < -0.3 is 9.16 Å². The van der Waals surface area contributed by atoms with Crippen molar-refractivity contribution in [3.05, 3.63) is 11.6 Å². The quantitative estimate of drug-likeness (QED) is 0.248. The first kappa shape index (κ1) is 19.1. The summed E-state index contributed by atoms with van der Waals surface area (Å²) < 4.78 is 11.0. The molecule has 0 saturated heterocycles. The Labute approximate surface area is 123 Å². The SMILES string of the molecule is CCOC(=O)/C(=C\[C@@H](C)O[Si](C)(C)C(C)(C)C)C(C)=O. The second-order valence-corrected chi connectivity index (χ2v) is 11.2. The average Bonchev–Trinajstić information content (AvgIpc) is 2.23. The van der Waals surface area contributed by atoms with Crippen LogP contribution in [0.3, 0.4) is 0 Å². The van der Waals surface area contributed by atoms with Crippen molar-refractivity contribution in [3.63, 3.8) is 0 Å². The van der Waals surface area contributed by atoms with Gasteiger partial charge in [0.05, 0.1) is 12.7 Å². The molecule has 0 aliphatic heterocycles. The highest BCUT2D eigenvalue weighted by atomic mass is 28.4. The number of hydrogen-bond donors (Lipinski definition) is 0. The van der Waals surface area contributed by atoms with Crippen molar-refractivity contribution in [2.45, 2.75) is 65.8 Å². The summed E-state index contributed by atoms with van der Waals surface area (Å²) in [7, 11) is -1.93. The Balaban J connectivity index is 5.09. The van der Waals surface area contributed by atoms with E-state index in [0.717, 1.165) is 0 Å². The van der Waals surface area contributed by atoms with Gasteiger partial charge in [0.15, 0.2) is 14.1 Å². The van der Waals surface area contributed by atoms with Crippen LogP contribution in [0.2, 0.25) is 18.1 Å². The zero-order chi connectivity index (χ0) is 16.1. The minimum Gasteiger partial charge on any atom is -0.462 e. The Morgan fingerprint density at radius 2 is 1.75 bits per heavy atom. The number of esters is 1. The lowest BCUT2D eigenvalue weighted by atomic mass is 10.1. The summed E-state index contributed by atoms with van der Waals surface area (Å²) in [6.45, 7) is 15.9. The molecule has 0 spiro atoms. The van der Waals surface area contributed by atoms with Gasteiger partial charge >= 0.3 is 5.97 Å². The van der Waals surface area contributed by atoms with Gasteiger partial charge in [-0.15, -0.1) is 0 Å². The normalized spacial score (nSPS) is 14.9. The predicted octanol–water partition coefficient (Wildman–Crippen LogP) is 3.48. The van der Waals surface area contributed by atoms with Crippen LogP contribution < -0.4 is 0 Å². The second-order valence-electron chi connectivity index (χ2n) is 6.44. The topological polar surface area (TPSA) is 52.6 Å². The van der Waals surface area contributed by atoms with Crippen LogP contribution >= 0.6 is 0 Å². The predicted molar refractivity (Wildman–Crippen MR) is 83.1 cm³/mol. The number of Topliss-reactive ketones (excluding diaryl/α,β-unsaturated/α-hetero) is 1. The van der Waals surface area contributed by atoms with Crippen molar-refractivity contribution in [1.82, 2.24) is 0 Å². The Hall–Kier alpha value is -0.943. The summed E-state index contributed by atoms with van der Waals surface area (Å²) in [4.78, 5) is 23.3. The summed E-state index contributed by atoms with van der Waals surface area (Å²) in [6, 6.07) is 0. The van der Waals surface area contributed by atoms with E-state index < -0.39 is 14.3 Å². The number of rotatable bonds is 6. The average molecular weight is 300 g/mol. The first-order valence-electron chi connectivity index (χ1n) is 7.00. The highest BCUT2D eigenvalue weighted by Crippen LogP contribution is 2.37. The van der Waals surface area contributed by atoms with Crippen LogP contribution in [0.1, 0.15) is 41.5 Å². The fourth-order valence-electron chi connectivity index (χ4n) is 1.45. The molecule has 0 bridgehead atoms. The Bertz CT molecular complexity index is 391. The lowest BCUT2D eigenvalue weighted by Gasteiger charge is -2.37. The second kappa shape index (κ2) is 7.18. The summed E-state index contributed by atoms with van der Waals surface area (Å²) in [5, 5.41) is 0.0788. The van der Waals surface area contributed by atoms with E-state index in [9.17, 15) is 9.59 Å². The van der Waals surface area contributed by atoms with Gasteiger partial charge in [-0.2, -0.15) is 0 Å². The van der Waals surface area contributed by atoms with Crippen LogP contribution in [0.4, 0.5) is 0 Å². The van der Waals surface area contributed by atoms with Crippen LogP contribution in [-0.4, -0.2) is 32.8 Å². The van der Waals surface area contributed by atoms with Crippen LogP contribution in [0.15, 0.2) is 11.6 Å². The van der Waals surface area contributed by atoms with E-state index in [2.05, 4.69) is 33.9 Å². The van der Waals surface area contributed by atoms with E-state index in [1.807, 2.05) is 6.92 Å². The molecule has 4 nitrogen and oxygen atoms in total. The molecule has 116 valence electrons. The van der Waals surface area contributed by atoms with Crippen LogP contribution in [0.25, 0.3) is 0 Å². The molecule has 20 heavy (non-hydrogen) atoms. The fraction of sp³-hybridized carbons (Fsp3) is 0.733. The van der Waals surface area contributed by atoms with Crippen molar-refractivity contribution >= 4 is 20.1 Å². The molecule has 0 aliphatic carbocycles. The van der Waals surface area contributed by atoms with Gasteiger partial charge in [-0.05, 0) is 45.0 Å². The molecule has 0 N–H and O–H groups in total. The molecule has 0 heterocycles. The highest BCUT2D eigenvalue weighted by molar-refractivity contribution is 6.74. The molecule has 0 aliphatic rings. The van der Waals surface area contributed by atoms with E-state index >= 15 is 0 Å². The minimum absolute atomic E-state index is 0.0676. The molecule has 5 heteroatoms. The van der Waals surface area contributed by atoms with Crippen molar-refractivity contribution in [3.8, 4) is 0 Å². The lowest BCUT2D eigenvalue weighted by molar-refractivity contribution is -0.139. The first-order valence-corrected chi connectivity index (χ1v) is 9.91. The molecular formula is C15H28O4Si. The van der Waals surface area contributed by atoms with Gasteiger partial charge in [-0.25, -0.2) is 4.79 Å². The zero-order valence-corrected chi connectivity index (χ0v) is 15.0. The Morgan fingerprint density at radius 1 is 1.25 bits per heavy atom. The molecule has 0 amide bonds. The van der Waals surface area contributed by atoms with E-state index in [1.165, 1.54) is 6.92 Å². The Kier molecular flexibility index (Phi) is 6.84. The smallest absolute Gasteiger partial charge is 0.341 e. The largest absolute Gasteiger partial charge is 0.462 e. The summed E-state index contributed by atoms with van der Waals surface area (Å²) in [6.07, 6.45) is 1.28. The van der Waals surface area contributed by atoms with Crippen LogP contribution in [0, 0.1) is 0 Å². The number of hydrogen-bond acceptors (Lipinski definition) is 4. The standard InChI is InChI=1S/C15H28O4Si/c1-9-18-14(17)13(12(3)16)10-11(2)19-20(7,8)15(4,5)6/h10-11H,9H2,1-8H3/b13-10-/t11-/m1/s1. The minimum atomic E-state index is -1.93. The molecule has 0 aromatic rings. The molecule has 0 aromatic carbocycles. The third-order valence-electron chi connectivity index (χ3n) is 3.56. The summed E-state index contributed by atoms with van der Waals surface area (Å²) in [5.41, 5.74) is 0.0676. The van der Waals surface area contributed by atoms with Gasteiger partial charge in [0.1, 0.15) is 5.57 Å². The molecule has 0 aromatic heterocycles. The van der Waals surface area contributed by atoms with Crippen molar-refractivity contribution in [2.24, 2.45) is 0 Å². The van der Waals surface area contributed by atoms with Crippen molar-refractivity contribution in [1.29, 1.82) is 0 Å². The molecule has 0 unspecified atom stereocenters. The van der Waals surface area contributed by atoms with Gasteiger partial charge in [-0.1, -0.05) is 20.8 Å². The van der Waals surface area contributed by atoms with Crippen molar-refractivity contribution in [2.75, 3.05) is 6.61 Å². The monoisotopic (exact) mass is 300 g/mol. The maximum Gasteiger partial charge on any atom is 0.341 e. The van der Waals surface area contributed by atoms with E-state index in [0.29, 0.717) is 0 Å². The summed E-state index contributed by atoms with van der Waals surface area (Å²) >= 11 is 0. The molecular weight excluding hydrogens is 272 g/mol. The van der Waals surface area contributed by atoms with Gasteiger partial charge in [0, 0.05) is 0 Å². The van der Waals surface area contributed by atoms with E-state index in [4.69, 9.17) is 9.16 Å². The van der Waals surface area contributed by atoms with Gasteiger partial charge in [0.2, 0.25) is 0 Å². The summed E-state index contributed by atoms with van der Waals surface area (Å²) in [5.74, 6) is -0.875. The molecule has 0 fully saturated rings. The van der Waals surface area contributed by atoms with E-state index in [1.54, 1.807) is 13.0 Å². The molecule has 0 saturated carbocycles. The number of carbonyl (C=O) groups excluding carboxylic acids is 2.